The molecule has 0 saturated heterocycles. The molecule has 6 nitrogen and oxygen atoms in total. The van der Waals surface area contributed by atoms with Crippen LogP contribution in [0.5, 0.6) is 0 Å². The van der Waals surface area contributed by atoms with Crippen LogP contribution in [0.1, 0.15) is 5.01 Å². The van der Waals surface area contributed by atoms with Gasteiger partial charge in [-0.2, -0.15) is 0 Å². The van der Waals surface area contributed by atoms with Crippen LogP contribution in [0.15, 0.2) is 30.4 Å². The number of thiazole rings is 1. The summed E-state index contributed by atoms with van der Waals surface area (Å²) in [6.45, 7) is -1.20. The Labute approximate surface area is 159 Å². The molecule has 28 heavy (non-hydrogen) atoms. The third-order valence-electron chi connectivity index (χ3n) is 3.84. The number of amides is 1. The Morgan fingerprint density at radius 3 is 2.75 bits per heavy atom. The molecule has 3 rings (SSSR count). The molecule has 1 aliphatic carbocycles. The highest BCUT2D eigenvalue weighted by atomic mass is 32.1. The molecule has 11 heteroatoms. The summed E-state index contributed by atoms with van der Waals surface area (Å²) in [5.41, 5.74) is -3.21. The van der Waals surface area contributed by atoms with E-state index >= 15 is 4.39 Å². The lowest BCUT2D eigenvalue weighted by Gasteiger charge is -2.29. The van der Waals surface area contributed by atoms with Gasteiger partial charge in [-0.1, -0.05) is 18.2 Å². The molecule has 0 aliphatic heterocycles. The fourth-order valence-corrected chi connectivity index (χ4v) is 3.44. The number of nitrogens with one attached hydrogen (secondary N) is 1. The smallest absolute Gasteiger partial charge is 0.329 e. The van der Waals surface area contributed by atoms with Crippen LogP contribution in [-0.4, -0.2) is 40.3 Å². The molecule has 2 unspecified atom stereocenters. The summed E-state index contributed by atoms with van der Waals surface area (Å²) in [5, 5.41) is 10.9. The summed E-state index contributed by atoms with van der Waals surface area (Å²) in [5.74, 6) is -6.22. The summed E-state index contributed by atoms with van der Waals surface area (Å²) >= 11 is 0.678. The molecule has 2 N–H and O–H groups in total. The van der Waals surface area contributed by atoms with Crippen molar-refractivity contribution >= 4 is 33.4 Å². The molecule has 1 aliphatic rings. The van der Waals surface area contributed by atoms with E-state index in [1.54, 1.807) is 0 Å². The van der Waals surface area contributed by atoms with Crippen molar-refractivity contribution in [3.63, 3.8) is 0 Å². The number of alkyl halides is 1. The number of aromatic nitrogens is 1. The lowest BCUT2D eigenvalue weighted by molar-refractivity contribution is -0.150. The number of hydrogen-bond donors (Lipinski definition) is 2. The van der Waals surface area contributed by atoms with E-state index < -0.39 is 53.2 Å². The number of ether oxygens (including phenoxy) is 1. The molecule has 0 radical (unpaired) electrons. The number of carbonyl (C=O) groups excluding carboxylic acids is 1. The fraction of sp³-hybridized carbons (Fsp3) is 0.235. The molecule has 1 heterocycles. The second-order valence-corrected chi connectivity index (χ2v) is 6.84. The molecular weight excluding hydrogens is 404 g/mol. The maximum absolute atomic E-state index is 15.1. The van der Waals surface area contributed by atoms with Gasteiger partial charge in [0.1, 0.15) is 29.1 Å². The second kappa shape index (κ2) is 7.68. The van der Waals surface area contributed by atoms with Gasteiger partial charge in [-0.25, -0.2) is 27.3 Å². The van der Waals surface area contributed by atoms with Crippen LogP contribution in [0, 0.1) is 17.5 Å². The van der Waals surface area contributed by atoms with Crippen LogP contribution in [-0.2, 0) is 20.9 Å². The zero-order chi connectivity index (χ0) is 20.5. The lowest BCUT2D eigenvalue weighted by Crippen LogP contribution is -2.51. The van der Waals surface area contributed by atoms with E-state index in [1.807, 2.05) is 0 Å². The highest BCUT2D eigenvalue weighted by molar-refractivity contribution is 7.18. The quantitative estimate of drug-likeness (QED) is 0.558. The zero-order valence-corrected chi connectivity index (χ0v) is 14.7. The van der Waals surface area contributed by atoms with E-state index in [0.717, 1.165) is 6.08 Å². The minimum absolute atomic E-state index is 0.0219. The minimum Gasteiger partial charge on any atom is -0.480 e. The number of rotatable bonds is 6. The standard InChI is InChI=1S/C17H12F4N2O4S/c18-8-5-9(19)15-14(13(8)20)23-11(28-15)6-22-16(26)17(21)4-2-1-3-10(17)27-7-12(24)25/h1-5,10H,6-7H2,(H,22,26)(H,24,25). The van der Waals surface area contributed by atoms with E-state index in [-0.39, 0.29) is 16.3 Å². The van der Waals surface area contributed by atoms with Crippen LogP contribution < -0.4 is 5.32 Å². The number of carboxylic acid groups (broad SMARTS) is 1. The molecule has 0 fully saturated rings. The first kappa shape index (κ1) is 20.0. The molecule has 1 aromatic heterocycles. The van der Waals surface area contributed by atoms with Gasteiger partial charge in [-0.15, -0.1) is 11.3 Å². The molecule has 2 aromatic rings. The summed E-state index contributed by atoms with van der Waals surface area (Å²) in [4.78, 5) is 26.7. The number of fused-ring (bicyclic) bond motifs is 1. The van der Waals surface area contributed by atoms with Gasteiger partial charge in [-0.05, 0) is 6.08 Å². The van der Waals surface area contributed by atoms with Gasteiger partial charge in [0.2, 0.25) is 5.67 Å². The first-order valence-corrected chi connectivity index (χ1v) is 8.63. The van der Waals surface area contributed by atoms with Crippen LogP contribution in [0.4, 0.5) is 17.6 Å². The molecule has 2 atom stereocenters. The normalized spacial score (nSPS) is 21.2. The Hall–Kier alpha value is -2.79. The molecule has 148 valence electrons. The van der Waals surface area contributed by atoms with Gasteiger partial charge in [0.15, 0.2) is 11.6 Å². The van der Waals surface area contributed by atoms with Crippen molar-refractivity contribution in [2.45, 2.75) is 18.3 Å². The second-order valence-electron chi connectivity index (χ2n) is 5.76. The van der Waals surface area contributed by atoms with E-state index in [9.17, 15) is 22.8 Å². The summed E-state index contributed by atoms with van der Waals surface area (Å²) in [6.07, 6.45) is 3.26. The SMILES string of the molecule is O=C(O)COC1C=CC=CC1(F)C(=O)NCc1nc2c(F)c(F)cc(F)c2s1. The average molecular weight is 416 g/mol. The van der Waals surface area contributed by atoms with Crippen molar-refractivity contribution in [1.29, 1.82) is 0 Å². The van der Waals surface area contributed by atoms with Crippen molar-refractivity contribution in [3.05, 3.63) is 52.8 Å². The van der Waals surface area contributed by atoms with Gasteiger partial charge in [0, 0.05) is 6.07 Å². The third-order valence-corrected chi connectivity index (χ3v) is 4.91. The van der Waals surface area contributed by atoms with Crippen LogP contribution in [0.2, 0.25) is 0 Å². The predicted octanol–water partition coefficient (Wildman–Crippen LogP) is 2.63. The first-order chi connectivity index (χ1) is 13.2. The van der Waals surface area contributed by atoms with Gasteiger partial charge >= 0.3 is 5.97 Å². The Bertz CT molecular complexity index is 1010. The third kappa shape index (κ3) is 3.76. The van der Waals surface area contributed by atoms with Crippen LogP contribution in [0.3, 0.4) is 0 Å². The lowest BCUT2D eigenvalue weighted by atomic mass is 9.93. The average Bonchev–Trinajstić information content (AvgIpc) is 3.08. The number of benzene rings is 1. The Morgan fingerprint density at radius 2 is 2.04 bits per heavy atom. The molecular formula is C17H12F4N2O4S. The zero-order valence-electron chi connectivity index (χ0n) is 13.9. The largest absolute Gasteiger partial charge is 0.480 e. The maximum atomic E-state index is 15.1. The van der Waals surface area contributed by atoms with E-state index in [2.05, 4.69) is 10.3 Å². The Kier molecular flexibility index (Phi) is 5.47. The van der Waals surface area contributed by atoms with Gasteiger partial charge in [-0.3, -0.25) is 4.79 Å². The number of allylic oxidation sites excluding steroid dienone is 2. The summed E-state index contributed by atoms with van der Waals surface area (Å²) < 4.78 is 60.5. The fourth-order valence-electron chi connectivity index (χ4n) is 2.53. The summed E-state index contributed by atoms with van der Waals surface area (Å²) in [7, 11) is 0. The van der Waals surface area contributed by atoms with Crippen molar-refractivity contribution in [1.82, 2.24) is 10.3 Å². The molecule has 1 aromatic carbocycles. The van der Waals surface area contributed by atoms with Crippen LogP contribution in [0.25, 0.3) is 10.2 Å². The predicted molar refractivity (Wildman–Crippen MR) is 90.8 cm³/mol. The van der Waals surface area contributed by atoms with Gasteiger partial charge in [0.25, 0.3) is 5.91 Å². The maximum Gasteiger partial charge on any atom is 0.329 e. The van der Waals surface area contributed by atoms with Crippen molar-refractivity contribution in [2.75, 3.05) is 6.61 Å². The van der Waals surface area contributed by atoms with Crippen LogP contribution >= 0.6 is 11.3 Å². The first-order valence-electron chi connectivity index (χ1n) is 7.82. The number of carbonyl (C=O) groups is 2. The topological polar surface area (TPSA) is 88.5 Å². The number of hydrogen-bond acceptors (Lipinski definition) is 5. The van der Waals surface area contributed by atoms with E-state index in [4.69, 9.17) is 9.84 Å². The van der Waals surface area contributed by atoms with E-state index in [0.29, 0.717) is 17.4 Å². The van der Waals surface area contributed by atoms with Crippen molar-refractivity contribution in [3.8, 4) is 0 Å². The minimum atomic E-state index is -2.69. The highest BCUT2D eigenvalue weighted by Gasteiger charge is 2.45. The summed E-state index contributed by atoms with van der Waals surface area (Å²) in [6, 6.07) is 0.387. The Morgan fingerprint density at radius 1 is 1.29 bits per heavy atom. The van der Waals surface area contributed by atoms with Gasteiger partial charge < -0.3 is 15.2 Å². The highest BCUT2D eigenvalue weighted by Crippen LogP contribution is 2.30. The van der Waals surface area contributed by atoms with Crippen molar-refractivity contribution in [2.24, 2.45) is 0 Å². The molecule has 0 bridgehead atoms. The number of nitrogens with zero attached hydrogens (tertiary/aromatic N) is 1. The van der Waals surface area contributed by atoms with E-state index in [1.165, 1.54) is 18.2 Å². The monoisotopic (exact) mass is 416 g/mol. The van der Waals surface area contributed by atoms with Gasteiger partial charge in [0.05, 0.1) is 11.2 Å². The number of halogens is 4. The molecule has 0 spiro atoms. The number of aliphatic carboxylic acids is 1. The molecule has 0 saturated carbocycles. The number of carboxylic acids is 1. The Balaban J connectivity index is 1.75. The molecule has 1 amide bonds. The van der Waals surface area contributed by atoms with Crippen molar-refractivity contribution < 1.29 is 37.0 Å².